The fraction of sp³-hybridized carbons (Fsp3) is 0.458. The Kier molecular flexibility index (Phi) is 5.87. The largest absolute Gasteiger partial charge is 0.481 e. The Morgan fingerprint density at radius 1 is 1.12 bits per heavy atom. The number of carboxylic acid groups (broad SMARTS) is 1. The van der Waals surface area contributed by atoms with Crippen molar-refractivity contribution in [3.8, 4) is 0 Å². The van der Waals surface area contributed by atoms with Gasteiger partial charge in [0.05, 0.1) is 5.60 Å². The standard InChI is InChI=1S/C24H27F2NO5S/c1-15-8-9-21(16-6-4-3-5-7-16)33(31,32)27(15)12-17-10-20(26)18(11-19(17)25)24(22(28)29)13-23(2,30)14-24/h3-7,10-11,15,21,30H,8-9,12-14H2,1-2H3,(H,28,29)/t15-,21+,23?,24?/m0/s1. The van der Waals surface area contributed by atoms with E-state index in [9.17, 15) is 23.4 Å². The summed E-state index contributed by atoms with van der Waals surface area (Å²) in [6.07, 6.45) is 0.529. The van der Waals surface area contributed by atoms with E-state index in [0.29, 0.717) is 18.4 Å². The lowest BCUT2D eigenvalue weighted by Gasteiger charge is -2.49. The van der Waals surface area contributed by atoms with E-state index in [0.717, 1.165) is 12.1 Å². The number of benzene rings is 2. The Bertz CT molecular complexity index is 1170. The van der Waals surface area contributed by atoms with Crippen LogP contribution in [0.25, 0.3) is 0 Å². The van der Waals surface area contributed by atoms with Gasteiger partial charge in [0.25, 0.3) is 0 Å². The summed E-state index contributed by atoms with van der Waals surface area (Å²) < 4.78 is 58.1. The summed E-state index contributed by atoms with van der Waals surface area (Å²) in [5.74, 6) is -3.13. The molecule has 33 heavy (non-hydrogen) atoms. The zero-order valence-corrected chi connectivity index (χ0v) is 19.3. The second-order valence-corrected chi connectivity index (χ2v) is 11.6. The Labute approximate surface area is 191 Å². The van der Waals surface area contributed by atoms with Crippen molar-refractivity contribution in [3.05, 3.63) is 70.8 Å². The van der Waals surface area contributed by atoms with E-state index in [4.69, 9.17) is 0 Å². The first-order valence-electron chi connectivity index (χ1n) is 10.9. The molecule has 0 aromatic heterocycles. The predicted molar refractivity (Wildman–Crippen MR) is 118 cm³/mol. The molecule has 0 unspecified atom stereocenters. The summed E-state index contributed by atoms with van der Waals surface area (Å²) in [6, 6.07) is 10.1. The number of aliphatic hydroxyl groups is 1. The molecule has 1 aliphatic heterocycles. The molecule has 2 aromatic carbocycles. The summed E-state index contributed by atoms with van der Waals surface area (Å²) in [5, 5.41) is 18.9. The number of rotatable bonds is 5. The topological polar surface area (TPSA) is 94.9 Å². The second-order valence-electron chi connectivity index (χ2n) is 9.58. The van der Waals surface area contributed by atoms with Gasteiger partial charge in [-0.1, -0.05) is 30.3 Å². The maximum absolute atomic E-state index is 15.1. The molecule has 2 aromatic rings. The summed E-state index contributed by atoms with van der Waals surface area (Å²) >= 11 is 0. The quantitative estimate of drug-likeness (QED) is 0.679. The zero-order valence-electron chi connectivity index (χ0n) is 18.5. The van der Waals surface area contributed by atoms with Crippen molar-refractivity contribution in [1.82, 2.24) is 4.31 Å². The van der Waals surface area contributed by atoms with Crippen molar-refractivity contribution in [2.45, 2.75) is 68.4 Å². The van der Waals surface area contributed by atoms with E-state index in [2.05, 4.69) is 0 Å². The van der Waals surface area contributed by atoms with Gasteiger partial charge in [-0.3, -0.25) is 4.79 Å². The Hall–Kier alpha value is -2.36. The molecule has 0 radical (unpaired) electrons. The minimum Gasteiger partial charge on any atom is -0.481 e. The van der Waals surface area contributed by atoms with Gasteiger partial charge in [-0.15, -0.1) is 0 Å². The molecule has 0 spiro atoms. The van der Waals surface area contributed by atoms with Crippen molar-refractivity contribution in [1.29, 1.82) is 0 Å². The Balaban J connectivity index is 1.66. The molecule has 2 fully saturated rings. The molecular weight excluding hydrogens is 452 g/mol. The first-order chi connectivity index (χ1) is 15.4. The first-order valence-corrected chi connectivity index (χ1v) is 12.4. The van der Waals surface area contributed by atoms with Crippen LogP contribution in [0.5, 0.6) is 0 Å². The number of sulfonamides is 1. The molecule has 2 atom stereocenters. The average Bonchev–Trinajstić information content (AvgIpc) is 2.71. The fourth-order valence-corrected chi connectivity index (χ4v) is 7.49. The van der Waals surface area contributed by atoms with Gasteiger partial charge in [0.1, 0.15) is 22.3 Å². The van der Waals surface area contributed by atoms with Crippen molar-refractivity contribution in [3.63, 3.8) is 0 Å². The predicted octanol–water partition coefficient (Wildman–Crippen LogP) is 3.89. The molecule has 1 saturated heterocycles. The maximum Gasteiger partial charge on any atom is 0.314 e. The number of carboxylic acids is 1. The molecule has 0 bridgehead atoms. The number of nitrogens with zero attached hydrogens (tertiary/aromatic N) is 1. The lowest BCUT2D eigenvalue weighted by molar-refractivity contribution is -0.162. The van der Waals surface area contributed by atoms with Gasteiger partial charge in [-0.2, -0.15) is 4.31 Å². The molecule has 9 heteroatoms. The molecule has 178 valence electrons. The third-order valence-corrected chi connectivity index (χ3v) is 9.32. The number of halogens is 2. The highest BCUT2D eigenvalue weighted by atomic mass is 32.2. The van der Waals surface area contributed by atoms with Gasteiger partial charge in [0.15, 0.2) is 0 Å². The van der Waals surface area contributed by atoms with Gasteiger partial charge in [-0.05, 0) is 57.2 Å². The van der Waals surface area contributed by atoms with E-state index in [1.807, 2.05) is 0 Å². The summed E-state index contributed by atoms with van der Waals surface area (Å²) in [4.78, 5) is 11.9. The monoisotopic (exact) mass is 479 g/mol. The van der Waals surface area contributed by atoms with Crippen LogP contribution in [-0.4, -0.2) is 40.5 Å². The second kappa shape index (κ2) is 8.14. The fourth-order valence-electron chi connectivity index (χ4n) is 5.30. The first kappa shape index (κ1) is 23.8. The van der Waals surface area contributed by atoms with Crippen molar-refractivity contribution >= 4 is 16.0 Å². The number of aliphatic carboxylic acids is 1. The van der Waals surface area contributed by atoms with Crippen molar-refractivity contribution < 1.29 is 32.2 Å². The van der Waals surface area contributed by atoms with Crippen molar-refractivity contribution in [2.75, 3.05) is 0 Å². The Morgan fingerprint density at radius 2 is 1.76 bits per heavy atom. The van der Waals surface area contributed by atoms with Crippen LogP contribution in [0.3, 0.4) is 0 Å². The van der Waals surface area contributed by atoms with Crippen LogP contribution < -0.4 is 0 Å². The van der Waals surface area contributed by atoms with Gasteiger partial charge in [-0.25, -0.2) is 17.2 Å². The number of hydrogen-bond acceptors (Lipinski definition) is 4. The molecule has 1 heterocycles. The minimum atomic E-state index is -3.84. The summed E-state index contributed by atoms with van der Waals surface area (Å²) in [5.41, 5.74) is -2.83. The molecule has 6 nitrogen and oxygen atoms in total. The van der Waals surface area contributed by atoms with Crippen LogP contribution in [-0.2, 0) is 26.8 Å². The van der Waals surface area contributed by atoms with Crippen LogP contribution in [0.4, 0.5) is 8.78 Å². The van der Waals surface area contributed by atoms with Crippen LogP contribution in [0.15, 0.2) is 42.5 Å². The maximum atomic E-state index is 15.1. The molecule has 2 aliphatic rings. The third-order valence-electron chi connectivity index (χ3n) is 6.95. The summed E-state index contributed by atoms with van der Waals surface area (Å²) in [7, 11) is -3.84. The van der Waals surface area contributed by atoms with Crippen LogP contribution in [0, 0.1) is 11.6 Å². The van der Waals surface area contributed by atoms with Crippen molar-refractivity contribution in [2.24, 2.45) is 0 Å². The van der Waals surface area contributed by atoms with Gasteiger partial charge in [0, 0.05) is 23.7 Å². The van der Waals surface area contributed by atoms with E-state index in [1.54, 1.807) is 37.3 Å². The van der Waals surface area contributed by atoms with E-state index < -0.39 is 49.9 Å². The smallest absolute Gasteiger partial charge is 0.314 e. The normalized spacial score (nSPS) is 31.7. The summed E-state index contributed by atoms with van der Waals surface area (Å²) in [6.45, 7) is 2.83. The molecule has 4 rings (SSSR count). The molecule has 1 aliphatic carbocycles. The Morgan fingerprint density at radius 3 is 2.33 bits per heavy atom. The van der Waals surface area contributed by atoms with Gasteiger partial charge < -0.3 is 10.2 Å². The number of hydrogen-bond donors (Lipinski definition) is 2. The lowest BCUT2D eigenvalue weighted by atomic mass is 9.56. The van der Waals surface area contributed by atoms with E-state index in [1.165, 1.54) is 11.2 Å². The van der Waals surface area contributed by atoms with E-state index >= 15 is 8.78 Å². The van der Waals surface area contributed by atoms with Crippen LogP contribution in [0.2, 0.25) is 0 Å². The average molecular weight is 480 g/mol. The molecular formula is C24H27F2NO5S. The highest BCUT2D eigenvalue weighted by Gasteiger charge is 2.58. The zero-order chi connectivity index (χ0) is 24.2. The third kappa shape index (κ3) is 4.06. The highest BCUT2D eigenvalue weighted by molar-refractivity contribution is 7.89. The number of carbonyl (C=O) groups is 1. The SMILES string of the molecule is C[C@H]1CC[C@H](c2ccccc2)S(=O)(=O)N1Cc1cc(F)c(C2(C(=O)O)CC(C)(O)C2)cc1F. The van der Waals surface area contributed by atoms with E-state index in [-0.39, 0.29) is 30.5 Å². The minimum absolute atomic E-state index is 0.160. The molecule has 0 amide bonds. The van der Waals surface area contributed by atoms with Gasteiger partial charge in [0.2, 0.25) is 10.0 Å². The van der Waals surface area contributed by atoms with Gasteiger partial charge >= 0.3 is 5.97 Å². The molecule has 1 saturated carbocycles. The van der Waals surface area contributed by atoms with Crippen LogP contribution in [0.1, 0.15) is 61.5 Å². The molecule has 2 N–H and O–H groups in total. The lowest BCUT2D eigenvalue weighted by Crippen LogP contribution is -2.57. The van der Waals surface area contributed by atoms with Crippen LogP contribution >= 0.6 is 0 Å². The highest BCUT2D eigenvalue weighted by Crippen LogP contribution is 2.51.